The number of carbonyl (C=O) groups excluding carboxylic acids is 1. The first-order chi connectivity index (χ1) is 18.2. The summed E-state index contributed by atoms with van der Waals surface area (Å²) < 4.78 is 14.6. The van der Waals surface area contributed by atoms with Crippen LogP contribution in [-0.4, -0.2) is 33.8 Å². The van der Waals surface area contributed by atoms with Gasteiger partial charge in [0.25, 0.3) is 0 Å². The fourth-order valence-corrected chi connectivity index (χ4v) is 5.95. The van der Waals surface area contributed by atoms with Gasteiger partial charge in [-0.2, -0.15) is 4.98 Å². The van der Waals surface area contributed by atoms with Crippen LogP contribution >= 0.6 is 39.3 Å². The smallest absolute Gasteiger partial charge is 0.227 e. The highest BCUT2D eigenvalue weighted by atomic mass is 79.9. The monoisotopic (exact) mass is 618 g/mol. The van der Waals surface area contributed by atoms with Gasteiger partial charge in [-0.3, -0.25) is 4.79 Å². The van der Waals surface area contributed by atoms with Gasteiger partial charge < -0.3 is 14.8 Å². The molecule has 1 aliphatic heterocycles. The van der Waals surface area contributed by atoms with E-state index >= 15 is 0 Å². The highest BCUT2D eigenvalue weighted by molar-refractivity contribution is 9.10. The first kappa shape index (κ1) is 28.5. The Labute approximate surface area is 241 Å². The Balaban J connectivity index is 1.72. The molecule has 0 saturated carbocycles. The normalized spacial score (nSPS) is 14.9. The van der Waals surface area contributed by atoms with Crippen molar-refractivity contribution in [2.75, 3.05) is 18.5 Å². The number of hydrogen-bond acceptors (Lipinski definition) is 7. The number of hydrogen-bond donors (Lipinski definition) is 1. The van der Waals surface area contributed by atoms with Gasteiger partial charge in [0.1, 0.15) is 6.04 Å². The van der Waals surface area contributed by atoms with E-state index in [1.54, 1.807) is 11.6 Å². The van der Waals surface area contributed by atoms with Crippen molar-refractivity contribution in [1.82, 2.24) is 14.8 Å². The molecule has 0 aliphatic carbocycles. The van der Waals surface area contributed by atoms with E-state index < -0.39 is 6.04 Å². The maximum Gasteiger partial charge on any atom is 0.227 e. The minimum absolute atomic E-state index is 0.0437. The van der Waals surface area contributed by atoms with Crippen molar-refractivity contribution in [2.24, 2.45) is 5.92 Å². The molecule has 0 radical (unpaired) electrons. The van der Waals surface area contributed by atoms with E-state index in [0.29, 0.717) is 58.1 Å². The average molecular weight is 620 g/mol. The van der Waals surface area contributed by atoms with Gasteiger partial charge in [-0.25, -0.2) is 4.68 Å². The number of aromatic nitrogens is 3. The maximum atomic E-state index is 12.9. The molecule has 0 spiro atoms. The Morgan fingerprint density at radius 3 is 2.71 bits per heavy atom. The zero-order valence-corrected chi connectivity index (χ0v) is 25.3. The van der Waals surface area contributed by atoms with E-state index in [1.807, 2.05) is 50.2 Å². The zero-order chi connectivity index (χ0) is 27.4. The van der Waals surface area contributed by atoms with E-state index in [4.69, 9.17) is 31.2 Å². The summed E-state index contributed by atoms with van der Waals surface area (Å²) in [6.45, 7) is 10.8. The molecule has 0 amide bonds. The van der Waals surface area contributed by atoms with Gasteiger partial charge in [0, 0.05) is 22.0 Å². The SMILES string of the molecule is CCOc1cc(C2C(C(C)=O)=C(C)Nc3nc(SCc4ccccc4Cl)nn32)cc(Br)c1OCCC(C)C. The van der Waals surface area contributed by atoms with Gasteiger partial charge in [-0.1, -0.05) is 55.4 Å². The van der Waals surface area contributed by atoms with Crippen LogP contribution in [0.25, 0.3) is 0 Å². The van der Waals surface area contributed by atoms with Crippen molar-refractivity contribution < 1.29 is 14.3 Å². The van der Waals surface area contributed by atoms with E-state index in [9.17, 15) is 4.79 Å². The van der Waals surface area contributed by atoms with Crippen molar-refractivity contribution in [1.29, 1.82) is 0 Å². The highest BCUT2D eigenvalue weighted by Gasteiger charge is 2.34. The first-order valence-corrected chi connectivity index (χ1v) is 14.8. The Morgan fingerprint density at radius 2 is 2.03 bits per heavy atom. The molecule has 2 aromatic carbocycles. The van der Waals surface area contributed by atoms with Gasteiger partial charge >= 0.3 is 0 Å². The lowest BCUT2D eigenvalue weighted by Gasteiger charge is -2.29. The number of nitrogens with one attached hydrogen (secondary N) is 1. The largest absolute Gasteiger partial charge is 0.490 e. The molecule has 38 heavy (non-hydrogen) atoms. The zero-order valence-electron chi connectivity index (χ0n) is 22.2. The summed E-state index contributed by atoms with van der Waals surface area (Å²) in [5.74, 6) is 2.96. The van der Waals surface area contributed by atoms with Crippen molar-refractivity contribution in [3.05, 3.63) is 68.3 Å². The molecule has 4 rings (SSSR count). The molecule has 2 heterocycles. The Kier molecular flexibility index (Phi) is 9.44. The topological polar surface area (TPSA) is 78.3 Å². The molecular weight excluding hydrogens is 588 g/mol. The van der Waals surface area contributed by atoms with E-state index in [0.717, 1.165) is 27.7 Å². The van der Waals surface area contributed by atoms with Crippen molar-refractivity contribution in [3.8, 4) is 11.5 Å². The van der Waals surface area contributed by atoms with Crippen LogP contribution in [-0.2, 0) is 10.5 Å². The summed E-state index contributed by atoms with van der Waals surface area (Å²) in [6.07, 6.45) is 0.932. The van der Waals surface area contributed by atoms with Crippen molar-refractivity contribution in [3.63, 3.8) is 0 Å². The fourth-order valence-electron chi connectivity index (χ4n) is 4.26. The third-order valence-electron chi connectivity index (χ3n) is 6.12. The molecule has 1 atom stereocenters. The summed E-state index contributed by atoms with van der Waals surface area (Å²) in [7, 11) is 0. The van der Waals surface area contributed by atoms with Gasteiger partial charge in [-0.05, 0) is 78.4 Å². The number of anilines is 1. The molecule has 1 N–H and O–H groups in total. The fraction of sp³-hybridized carbons (Fsp3) is 0.393. The molecule has 0 bridgehead atoms. The van der Waals surface area contributed by atoms with E-state index in [2.05, 4.69) is 35.1 Å². The molecule has 1 aliphatic rings. The molecule has 0 saturated heterocycles. The van der Waals surface area contributed by atoms with Gasteiger partial charge in [0.15, 0.2) is 17.3 Å². The molecular formula is C28H32BrClN4O3S. The maximum absolute atomic E-state index is 12.9. The number of allylic oxidation sites excluding steroid dienone is 2. The lowest BCUT2D eigenvalue weighted by molar-refractivity contribution is -0.114. The number of ketones is 1. The summed E-state index contributed by atoms with van der Waals surface area (Å²) in [5.41, 5.74) is 3.22. The number of benzene rings is 2. The summed E-state index contributed by atoms with van der Waals surface area (Å²) in [6, 6.07) is 11.2. The number of halogens is 2. The third-order valence-corrected chi connectivity index (χ3v) is 7.96. The molecule has 10 heteroatoms. The van der Waals surface area contributed by atoms with Gasteiger partial charge in [0.05, 0.1) is 17.7 Å². The average Bonchev–Trinajstić information content (AvgIpc) is 3.26. The number of thioether (sulfide) groups is 1. The predicted octanol–water partition coefficient (Wildman–Crippen LogP) is 7.69. The Morgan fingerprint density at radius 1 is 1.26 bits per heavy atom. The number of carbonyl (C=O) groups is 1. The van der Waals surface area contributed by atoms with Crippen LogP contribution in [0.15, 0.2) is 57.3 Å². The molecule has 3 aromatic rings. The van der Waals surface area contributed by atoms with Crippen molar-refractivity contribution in [2.45, 2.75) is 58.0 Å². The number of nitrogens with zero attached hydrogens (tertiary/aromatic N) is 3. The van der Waals surface area contributed by atoms with Crippen LogP contribution in [0.4, 0.5) is 5.95 Å². The number of fused-ring (bicyclic) bond motifs is 1. The summed E-state index contributed by atoms with van der Waals surface area (Å²) in [5, 5.41) is 9.37. The molecule has 202 valence electrons. The van der Waals surface area contributed by atoms with Crippen LogP contribution < -0.4 is 14.8 Å². The van der Waals surface area contributed by atoms with E-state index in [1.165, 1.54) is 11.8 Å². The highest BCUT2D eigenvalue weighted by Crippen LogP contribution is 2.43. The molecule has 0 fully saturated rings. The Hall–Kier alpha value is -2.49. The van der Waals surface area contributed by atoms with Crippen LogP contribution in [0, 0.1) is 5.92 Å². The van der Waals surface area contributed by atoms with Gasteiger partial charge in [-0.15, -0.1) is 5.10 Å². The second kappa shape index (κ2) is 12.6. The third kappa shape index (κ3) is 6.38. The van der Waals surface area contributed by atoms with Crippen LogP contribution in [0.2, 0.25) is 5.02 Å². The standard InChI is InChI=1S/C28H32BrClN4O3S/c1-6-36-23-14-20(13-21(29)26(23)37-12-11-16(2)3)25-24(18(5)35)17(4)31-27-32-28(33-34(25)27)38-15-19-9-7-8-10-22(19)30/h7-10,13-14,16,25H,6,11-12,15H2,1-5H3,(H,31,32,33). The molecule has 7 nitrogen and oxygen atoms in total. The number of ether oxygens (including phenoxy) is 2. The second-order valence-electron chi connectivity index (χ2n) is 9.46. The molecule has 1 unspecified atom stereocenters. The lowest BCUT2D eigenvalue weighted by atomic mass is 9.93. The minimum atomic E-state index is -0.480. The van der Waals surface area contributed by atoms with Crippen LogP contribution in [0.1, 0.15) is 58.2 Å². The number of Topliss-reactive ketones (excluding diaryl/α,β-unsaturated/α-hetero) is 1. The predicted molar refractivity (Wildman–Crippen MR) is 156 cm³/mol. The van der Waals surface area contributed by atoms with E-state index in [-0.39, 0.29) is 5.78 Å². The molecule has 1 aromatic heterocycles. The van der Waals surface area contributed by atoms with Crippen LogP contribution in [0.3, 0.4) is 0 Å². The number of rotatable bonds is 11. The lowest BCUT2D eigenvalue weighted by Crippen LogP contribution is -2.28. The first-order valence-electron chi connectivity index (χ1n) is 12.6. The quantitative estimate of drug-likeness (QED) is 0.221. The van der Waals surface area contributed by atoms with Crippen molar-refractivity contribution >= 4 is 51.0 Å². The van der Waals surface area contributed by atoms with Crippen LogP contribution in [0.5, 0.6) is 11.5 Å². The summed E-state index contributed by atoms with van der Waals surface area (Å²) in [4.78, 5) is 17.6. The van der Waals surface area contributed by atoms with Gasteiger partial charge in [0.2, 0.25) is 11.1 Å². The second-order valence-corrected chi connectivity index (χ2v) is 11.7. The Bertz CT molecular complexity index is 1360. The minimum Gasteiger partial charge on any atom is -0.490 e. The summed E-state index contributed by atoms with van der Waals surface area (Å²) >= 11 is 11.5.